The quantitative estimate of drug-likeness (QED) is 0.124. The molecular weight excluding hydrogens is 749 g/mol. The van der Waals surface area contributed by atoms with Gasteiger partial charge < -0.3 is 0 Å². The molecule has 0 fully saturated rings. The maximum Gasteiger partial charge on any atom is 0.160 e. The van der Waals surface area contributed by atoms with Crippen LogP contribution in [-0.2, 0) is 0 Å². The Morgan fingerprint density at radius 1 is 0.226 bits per heavy atom. The van der Waals surface area contributed by atoms with Crippen molar-refractivity contribution in [2.45, 2.75) is 0 Å². The minimum Gasteiger partial charge on any atom is -0.228 e. The van der Waals surface area contributed by atoms with Gasteiger partial charge in [0.2, 0.25) is 0 Å². The second-order valence-electron chi connectivity index (χ2n) is 16.1. The number of aromatic nitrogens is 2. The highest BCUT2D eigenvalue weighted by Crippen LogP contribution is 2.44. The van der Waals surface area contributed by atoms with Crippen molar-refractivity contribution in [3.05, 3.63) is 231 Å². The Hall–Kier alpha value is -8.20. The van der Waals surface area contributed by atoms with Crippen molar-refractivity contribution in [2.75, 3.05) is 0 Å². The van der Waals surface area contributed by atoms with Crippen molar-refractivity contribution in [1.29, 1.82) is 0 Å². The van der Waals surface area contributed by atoms with Crippen LogP contribution in [0.5, 0.6) is 0 Å². The van der Waals surface area contributed by atoms with Crippen molar-refractivity contribution >= 4 is 53.9 Å². The molecule has 2 heteroatoms. The molecule has 0 N–H and O–H groups in total. The Balaban J connectivity index is 1.19. The summed E-state index contributed by atoms with van der Waals surface area (Å²) in [6.07, 6.45) is 0. The average molecular weight is 787 g/mol. The van der Waals surface area contributed by atoms with Crippen LogP contribution in [0.1, 0.15) is 0 Å². The number of benzene rings is 11. The summed E-state index contributed by atoms with van der Waals surface area (Å²) in [6, 6.07) is 83.2. The van der Waals surface area contributed by atoms with Gasteiger partial charge >= 0.3 is 0 Å². The zero-order chi connectivity index (χ0) is 41.0. The van der Waals surface area contributed by atoms with Crippen LogP contribution in [0.3, 0.4) is 0 Å². The van der Waals surface area contributed by atoms with E-state index in [0.29, 0.717) is 5.82 Å². The topological polar surface area (TPSA) is 25.8 Å². The van der Waals surface area contributed by atoms with E-state index in [9.17, 15) is 0 Å². The number of fused-ring (bicyclic) bond motifs is 7. The molecule has 0 saturated heterocycles. The van der Waals surface area contributed by atoms with Crippen LogP contribution in [0.15, 0.2) is 231 Å². The van der Waals surface area contributed by atoms with E-state index in [0.717, 1.165) is 50.3 Å². The first-order valence-corrected chi connectivity index (χ1v) is 21.2. The van der Waals surface area contributed by atoms with Gasteiger partial charge in [-0.25, -0.2) is 9.97 Å². The Bertz CT molecular complexity index is 3680. The highest BCUT2D eigenvalue weighted by molar-refractivity contribution is 6.21. The molecule has 2 nitrogen and oxygen atoms in total. The summed E-state index contributed by atoms with van der Waals surface area (Å²) in [5, 5.41) is 12.3. The summed E-state index contributed by atoms with van der Waals surface area (Å²) in [7, 11) is 0. The summed E-state index contributed by atoms with van der Waals surface area (Å²) in [5.74, 6) is 0.686. The molecule has 12 rings (SSSR count). The molecule has 12 aromatic rings. The van der Waals surface area contributed by atoms with Crippen LogP contribution in [0.25, 0.3) is 121 Å². The maximum atomic E-state index is 5.44. The minimum atomic E-state index is 0.686. The molecule has 11 aromatic carbocycles. The zero-order valence-corrected chi connectivity index (χ0v) is 33.8. The van der Waals surface area contributed by atoms with Gasteiger partial charge in [0.25, 0.3) is 0 Å². The molecule has 62 heavy (non-hydrogen) atoms. The predicted octanol–water partition coefficient (Wildman–Crippen LogP) is 16.2. The summed E-state index contributed by atoms with van der Waals surface area (Å²) in [6.45, 7) is 0. The number of hydrogen-bond donors (Lipinski definition) is 0. The Labute approximate surface area is 360 Å². The van der Waals surface area contributed by atoms with E-state index in [-0.39, 0.29) is 0 Å². The van der Waals surface area contributed by atoms with Crippen molar-refractivity contribution < 1.29 is 0 Å². The van der Waals surface area contributed by atoms with Crippen LogP contribution >= 0.6 is 0 Å². The highest BCUT2D eigenvalue weighted by atomic mass is 14.9. The number of nitrogens with zero attached hydrogens (tertiary/aromatic N) is 2. The van der Waals surface area contributed by atoms with Crippen LogP contribution in [0.4, 0.5) is 0 Å². The van der Waals surface area contributed by atoms with Gasteiger partial charge in [-0.15, -0.1) is 0 Å². The molecule has 0 bridgehead atoms. The van der Waals surface area contributed by atoms with Gasteiger partial charge in [-0.1, -0.05) is 194 Å². The van der Waals surface area contributed by atoms with Gasteiger partial charge in [0, 0.05) is 16.7 Å². The van der Waals surface area contributed by atoms with E-state index in [1.54, 1.807) is 0 Å². The Kier molecular flexibility index (Phi) is 8.53. The van der Waals surface area contributed by atoms with E-state index < -0.39 is 0 Å². The molecular formula is C60H38N2. The first-order valence-electron chi connectivity index (χ1n) is 21.2. The molecule has 0 aliphatic rings. The first kappa shape index (κ1) is 35.7. The average Bonchev–Trinajstić information content (AvgIpc) is 3.35. The standard InChI is InChI=1S/C60H38N2/c1-3-17-39(18-4-1)47-24-13-16-30-53(47)58-38-57(61-60(62-58)41-20-5-2-6-21-41)45-33-44(55-36-42-22-8-11-26-49(42)51-28-14-15-29-52(51)55)34-46(35-45)59-50-27-12-9-23-43(50)37-56-48-25-10-7-19-40(48)31-32-54(56)59/h1-38H. The molecule has 0 spiro atoms. The Morgan fingerprint density at radius 3 is 1.52 bits per heavy atom. The fourth-order valence-electron chi connectivity index (χ4n) is 9.52. The molecule has 1 aromatic heterocycles. The third kappa shape index (κ3) is 6.12. The Morgan fingerprint density at radius 2 is 0.758 bits per heavy atom. The van der Waals surface area contributed by atoms with Crippen molar-refractivity contribution in [3.63, 3.8) is 0 Å². The molecule has 0 saturated carbocycles. The van der Waals surface area contributed by atoms with Gasteiger partial charge in [0.05, 0.1) is 11.4 Å². The van der Waals surface area contributed by atoms with E-state index in [2.05, 4.69) is 224 Å². The largest absolute Gasteiger partial charge is 0.228 e. The zero-order valence-electron chi connectivity index (χ0n) is 33.8. The van der Waals surface area contributed by atoms with Crippen LogP contribution < -0.4 is 0 Å². The van der Waals surface area contributed by atoms with E-state index >= 15 is 0 Å². The molecule has 1 heterocycles. The van der Waals surface area contributed by atoms with Crippen molar-refractivity contribution in [2.24, 2.45) is 0 Å². The lowest BCUT2D eigenvalue weighted by atomic mass is 9.86. The second kappa shape index (κ2) is 14.8. The lowest BCUT2D eigenvalue weighted by molar-refractivity contribution is 1.18. The molecule has 0 amide bonds. The van der Waals surface area contributed by atoms with Crippen LogP contribution in [0.2, 0.25) is 0 Å². The number of rotatable bonds is 6. The van der Waals surface area contributed by atoms with E-state index in [1.165, 1.54) is 65.0 Å². The van der Waals surface area contributed by atoms with E-state index in [4.69, 9.17) is 9.97 Å². The normalized spacial score (nSPS) is 11.5. The molecule has 0 radical (unpaired) electrons. The fourth-order valence-corrected chi connectivity index (χ4v) is 9.52. The van der Waals surface area contributed by atoms with Crippen molar-refractivity contribution in [3.8, 4) is 67.3 Å². The van der Waals surface area contributed by atoms with Gasteiger partial charge in [0.15, 0.2) is 5.82 Å². The van der Waals surface area contributed by atoms with Crippen LogP contribution in [-0.4, -0.2) is 9.97 Å². The van der Waals surface area contributed by atoms with Crippen molar-refractivity contribution in [1.82, 2.24) is 9.97 Å². The van der Waals surface area contributed by atoms with Crippen LogP contribution in [0, 0.1) is 0 Å². The van der Waals surface area contributed by atoms with Gasteiger partial charge in [-0.3, -0.25) is 0 Å². The summed E-state index contributed by atoms with van der Waals surface area (Å²) < 4.78 is 0. The van der Waals surface area contributed by atoms with Gasteiger partial charge in [-0.2, -0.15) is 0 Å². The lowest BCUT2D eigenvalue weighted by Crippen LogP contribution is -1.98. The SMILES string of the molecule is c1ccc(-c2nc(-c3cc(-c4cc5ccccc5c5ccccc45)cc(-c4c5ccccc5cc5c4ccc4ccccc45)c3)cc(-c3ccccc3-c3ccccc3)n2)cc1. The summed E-state index contributed by atoms with van der Waals surface area (Å²) in [5.41, 5.74) is 11.7. The first-order chi connectivity index (χ1) is 30.7. The molecule has 0 aliphatic heterocycles. The predicted molar refractivity (Wildman–Crippen MR) is 262 cm³/mol. The molecule has 0 aliphatic carbocycles. The summed E-state index contributed by atoms with van der Waals surface area (Å²) in [4.78, 5) is 10.8. The monoisotopic (exact) mass is 786 g/mol. The lowest BCUT2D eigenvalue weighted by Gasteiger charge is -2.18. The maximum absolute atomic E-state index is 5.44. The molecule has 0 atom stereocenters. The van der Waals surface area contributed by atoms with Gasteiger partial charge in [-0.05, 0) is 124 Å². The minimum absolute atomic E-state index is 0.686. The third-order valence-electron chi connectivity index (χ3n) is 12.4. The van der Waals surface area contributed by atoms with Gasteiger partial charge in [0.1, 0.15) is 0 Å². The smallest absolute Gasteiger partial charge is 0.160 e. The highest BCUT2D eigenvalue weighted by Gasteiger charge is 2.19. The number of hydrogen-bond acceptors (Lipinski definition) is 2. The third-order valence-corrected chi connectivity index (χ3v) is 12.4. The molecule has 288 valence electrons. The summed E-state index contributed by atoms with van der Waals surface area (Å²) >= 11 is 0. The van der Waals surface area contributed by atoms with E-state index in [1.807, 2.05) is 6.07 Å². The molecule has 0 unspecified atom stereocenters. The second-order valence-corrected chi connectivity index (χ2v) is 16.1. The fraction of sp³-hybridized carbons (Fsp3) is 0.